The molecule has 0 unspecified atom stereocenters. The molecule has 1 aliphatic heterocycles. The van der Waals surface area contributed by atoms with E-state index in [-0.39, 0.29) is 5.54 Å². The molecular formula is C15H32N4O. The first-order chi connectivity index (χ1) is 9.64. The molecule has 1 rings (SSSR count). The van der Waals surface area contributed by atoms with Crippen molar-refractivity contribution in [2.75, 3.05) is 46.9 Å². The van der Waals surface area contributed by atoms with Crippen molar-refractivity contribution in [1.29, 1.82) is 0 Å². The van der Waals surface area contributed by atoms with Crippen LogP contribution in [0.3, 0.4) is 0 Å². The van der Waals surface area contributed by atoms with Crippen LogP contribution in [0.4, 0.5) is 0 Å². The minimum Gasteiger partial charge on any atom is -0.381 e. The van der Waals surface area contributed by atoms with Gasteiger partial charge in [-0.25, -0.2) is 0 Å². The van der Waals surface area contributed by atoms with Crippen molar-refractivity contribution in [1.82, 2.24) is 15.5 Å². The molecule has 0 saturated carbocycles. The number of aliphatic imine (C=N–C) groups is 1. The van der Waals surface area contributed by atoms with Gasteiger partial charge in [0, 0.05) is 31.8 Å². The van der Waals surface area contributed by atoms with Gasteiger partial charge in [-0.1, -0.05) is 13.3 Å². The van der Waals surface area contributed by atoms with E-state index >= 15 is 0 Å². The van der Waals surface area contributed by atoms with Gasteiger partial charge >= 0.3 is 0 Å². The van der Waals surface area contributed by atoms with Crippen LogP contribution in [0, 0.1) is 0 Å². The second-order valence-electron chi connectivity index (χ2n) is 5.71. The number of unbranched alkanes of at least 4 members (excludes halogenated alkanes) is 1. The number of nitrogens with zero attached hydrogens (tertiary/aromatic N) is 2. The number of hydrogen-bond donors (Lipinski definition) is 2. The second-order valence-corrected chi connectivity index (χ2v) is 5.71. The lowest BCUT2D eigenvalue weighted by atomic mass is 9.89. The normalized spacial score (nSPS) is 19.1. The summed E-state index contributed by atoms with van der Waals surface area (Å²) in [5.74, 6) is 0.939. The third-order valence-electron chi connectivity index (χ3n) is 4.07. The maximum Gasteiger partial charge on any atom is 0.191 e. The van der Waals surface area contributed by atoms with Crippen molar-refractivity contribution in [2.24, 2.45) is 4.99 Å². The highest BCUT2D eigenvalue weighted by Crippen LogP contribution is 2.26. The summed E-state index contributed by atoms with van der Waals surface area (Å²) in [6.45, 7) is 8.70. The molecule has 5 heteroatoms. The molecular weight excluding hydrogens is 252 g/mol. The van der Waals surface area contributed by atoms with Gasteiger partial charge in [0.15, 0.2) is 5.96 Å². The van der Waals surface area contributed by atoms with Gasteiger partial charge < -0.3 is 20.3 Å². The first kappa shape index (κ1) is 17.2. The topological polar surface area (TPSA) is 48.9 Å². The third kappa shape index (κ3) is 5.29. The van der Waals surface area contributed by atoms with Crippen LogP contribution >= 0.6 is 0 Å². The quantitative estimate of drug-likeness (QED) is 0.422. The van der Waals surface area contributed by atoms with Crippen molar-refractivity contribution >= 4 is 5.96 Å². The standard InChI is InChI=1S/C15H32N4O/c1-5-7-10-17-14(16-6-2)18-13-15(19(3)4)8-11-20-12-9-15/h5-13H2,1-4H3,(H2,16,17,18). The van der Waals surface area contributed by atoms with Gasteiger partial charge in [0.25, 0.3) is 0 Å². The van der Waals surface area contributed by atoms with E-state index in [1.165, 1.54) is 12.8 Å². The molecule has 20 heavy (non-hydrogen) atoms. The van der Waals surface area contributed by atoms with Crippen molar-refractivity contribution in [2.45, 2.75) is 45.1 Å². The van der Waals surface area contributed by atoms with Crippen LogP contribution in [0.2, 0.25) is 0 Å². The molecule has 0 radical (unpaired) electrons. The minimum atomic E-state index is 0.144. The van der Waals surface area contributed by atoms with Gasteiger partial charge in [0.2, 0.25) is 0 Å². The molecule has 0 atom stereocenters. The van der Waals surface area contributed by atoms with Crippen LogP contribution in [0.15, 0.2) is 4.99 Å². The Morgan fingerprint density at radius 1 is 1.20 bits per heavy atom. The summed E-state index contributed by atoms with van der Waals surface area (Å²) in [6, 6.07) is 0. The monoisotopic (exact) mass is 284 g/mol. The van der Waals surface area contributed by atoms with Gasteiger partial charge in [-0.05, 0) is 40.3 Å². The van der Waals surface area contributed by atoms with E-state index in [9.17, 15) is 0 Å². The Hall–Kier alpha value is -0.810. The second kappa shape index (κ2) is 9.19. The molecule has 0 spiro atoms. The summed E-state index contributed by atoms with van der Waals surface area (Å²) in [5, 5.41) is 6.73. The van der Waals surface area contributed by atoms with Crippen LogP contribution < -0.4 is 10.6 Å². The van der Waals surface area contributed by atoms with Gasteiger partial charge in [0.1, 0.15) is 0 Å². The van der Waals surface area contributed by atoms with E-state index in [2.05, 4.69) is 43.5 Å². The van der Waals surface area contributed by atoms with E-state index in [1.807, 2.05) is 0 Å². The zero-order valence-electron chi connectivity index (χ0n) is 13.7. The average Bonchev–Trinajstić information content (AvgIpc) is 2.46. The predicted molar refractivity (Wildman–Crippen MR) is 85.4 cm³/mol. The van der Waals surface area contributed by atoms with Crippen molar-refractivity contribution in [3.8, 4) is 0 Å². The van der Waals surface area contributed by atoms with Gasteiger partial charge in [-0.2, -0.15) is 0 Å². The van der Waals surface area contributed by atoms with Gasteiger partial charge in [0.05, 0.1) is 6.54 Å². The molecule has 0 aliphatic carbocycles. The lowest BCUT2D eigenvalue weighted by Crippen LogP contribution is -2.51. The number of nitrogens with one attached hydrogen (secondary N) is 2. The van der Waals surface area contributed by atoms with Crippen molar-refractivity contribution in [3.63, 3.8) is 0 Å². The fourth-order valence-corrected chi connectivity index (χ4v) is 2.45. The Kier molecular flexibility index (Phi) is 7.92. The summed E-state index contributed by atoms with van der Waals surface area (Å²) in [5.41, 5.74) is 0.144. The molecule has 1 aliphatic rings. The Labute approximate surface area is 124 Å². The maximum absolute atomic E-state index is 5.50. The number of guanidine groups is 1. The molecule has 0 aromatic heterocycles. The highest BCUT2D eigenvalue weighted by Gasteiger charge is 2.34. The molecule has 0 bridgehead atoms. The summed E-state index contributed by atoms with van der Waals surface area (Å²) < 4.78 is 5.50. The average molecular weight is 284 g/mol. The van der Waals surface area contributed by atoms with E-state index in [1.54, 1.807) is 0 Å². The van der Waals surface area contributed by atoms with E-state index in [4.69, 9.17) is 9.73 Å². The highest BCUT2D eigenvalue weighted by atomic mass is 16.5. The number of ether oxygens (including phenoxy) is 1. The Balaban J connectivity index is 2.61. The molecule has 118 valence electrons. The Morgan fingerprint density at radius 2 is 1.90 bits per heavy atom. The fraction of sp³-hybridized carbons (Fsp3) is 0.933. The first-order valence-electron chi connectivity index (χ1n) is 7.92. The first-order valence-corrected chi connectivity index (χ1v) is 7.92. The molecule has 1 saturated heterocycles. The molecule has 0 amide bonds. The number of hydrogen-bond acceptors (Lipinski definition) is 3. The molecule has 1 heterocycles. The molecule has 5 nitrogen and oxygen atoms in total. The van der Waals surface area contributed by atoms with Crippen molar-refractivity contribution < 1.29 is 4.74 Å². The van der Waals surface area contributed by atoms with Crippen LogP contribution in [0.5, 0.6) is 0 Å². The molecule has 0 aromatic rings. The van der Waals surface area contributed by atoms with E-state index < -0.39 is 0 Å². The molecule has 1 fully saturated rings. The lowest BCUT2D eigenvalue weighted by molar-refractivity contribution is -0.00254. The van der Waals surface area contributed by atoms with Gasteiger partial charge in [-0.15, -0.1) is 0 Å². The zero-order valence-corrected chi connectivity index (χ0v) is 13.7. The SMILES string of the molecule is CCCCNC(=NCC1(N(C)C)CCOCC1)NCC. The predicted octanol–water partition coefficient (Wildman–Crippen LogP) is 1.45. The van der Waals surface area contributed by atoms with Crippen LogP contribution in [-0.4, -0.2) is 63.3 Å². The summed E-state index contributed by atoms with van der Waals surface area (Å²) in [7, 11) is 4.30. The summed E-state index contributed by atoms with van der Waals surface area (Å²) in [6.07, 6.45) is 4.48. The van der Waals surface area contributed by atoms with Crippen molar-refractivity contribution in [3.05, 3.63) is 0 Å². The minimum absolute atomic E-state index is 0.144. The van der Waals surface area contributed by atoms with E-state index in [0.29, 0.717) is 0 Å². The zero-order chi connectivity index (χ0) is 14.8. The summed E-state index contributed by atoms with van der Waals surface area (Å²) in [4.78, 5) is 7.11. The Bertz CT molecular complexity index is 286. The summed E-state index contributed by atoms with van der Waals surface area (Å²) >= 11 is 0. The van der Waals surface area contributed by atoms with E-state index in [0.717, 1.165) is 51.6 Å². The Morgan fingerprint density at radius 3 is 2.45 bits per heavy atom. The maximum atomic E-state index is 5.50. The fourth-order valence-electron chi connectivity index (χ4n) is 2.45. The third-order valence-corrected chi connectivity index (χ3v) is 4.07. The highest BCUT2D eigenvalue weighted by molar-refractivity contribution is 5.79. The molecule has 2 N–H and O–H groups in total. The van der Waals surface area contributed by atoms with Gasteiger partial charge in [-0.3, -0.25) is 4.99 Å². The largest absolute Gasteiger partial charge is 0.381 e. The number of rotatable bonds is 7. The number of likely N-dealkylation sites (N-methyl/N-ethyl adjacent to an activating group) is 1. The van der Waals surface area contributed by atoms with Crippen LogP contribution in [0.1, 0.15) is 39.5 Å². The van der Waals surface area contributed by atoms with Crippen LogP contribution in [-0.2, 0) is 4.74 Å². The smallest absolute Gasteiger partial charge is 0.191 e. The lowest BCUT2D eigenvalue weighted by Gasteiger charge is -2.41. The molecule has 0 aromatic carbocycles. The van der Waals surface area contributed by atoms with Crippen LogP contribution in [0.25, 0.3) is 0 Å².